The number of hydrogen-bond acceptors (Lipinski definition) is 5. The van der Waals surface area contributed by atoms with E-state index in [-0.39, 0.29) is 22.2 Å². The Morgan fingerprint density at radius 2 is 1.59 bits per heavy atom. The predicted octanol–water partition coefficient (Wildman–Crippen LogP) is 6.07. The number of rotatable bonds is 4. The Balaban J connectivity index is 1.29. The van der Waals surface area contributed by atoms with Gasteiger partial charge in [0.2, 0.25) is 5.91 Å². The maximum absolute atomic E-state index is 12.6. The molecule has 2 amide bonds. The number of furan rings is 1. The Labute approximate surface area is 231 Å². The van der Waals surface area contributed by atoms with Crippen molar-refractivity contribution in [3.63, 3.8) is 0 Å². The number of carbonyl (C=O) groups is 2. The van der Waals surface area contributed by atoms with Crippen LogP contribution in [0.2, 0.25) is 10.0 Å². The third kappa shape index (κ3) is 6.63. The predicted molar refractivity (Wildman–Crippen MR) is 153 cm³/mol. The van der Waals surface area contributed by atoms with Gasteiger partial charge in [0.15, 0.2) is 10.9 Å². The molecular weight excluding hydrogens is 531 g/mol. The summed E-state index contributed by atoms with van der Waals surface area (Å²) in [4.78, 5) is 29.3. The van der Waals surface area contributed by atoms with Gasteiger partial charge in [0.1, 0.15) is 5.76 Å². The average molecular weight is 560 g/mol. The number of amides is 2. The van der Waals surface area contributed by atoms with E-state index < -0.39 is 5.91 Å². The molecule has 37 heavy (non-hydrogen) atoms. The van der Waals surface area contributed by atoms with Crippen molar-refractivity contribution in [2.24, 2.45) is 5.41 Å². The first-order valence-corrected chi connectivity index (χ1v) is 13.0. The lowest BCUT2D eigenvalue weighted by atomic mass is 9.94. The maximum Gasteiger partial charge on any atom is 0.293 e. The van der Waals surface area contributed by atoms with Crippen LogP contribution in [0.4, 0.5) is 11.4 Å². The molecule has 1 fully saturated rings. The Kier molecular flexibility index (Phi) is 8.11. The van der Waals surface area contributed by atoms with Crippen LogP contribution in [0.5, 0.6) is 0 Å². The highest BCUT2D eigenvalue weighted by molar-refractivity contribution is 7.80. The summed E-state index contributed by atoms with van der Waals surface area (Å²) in [7, 11) is 0. The molecule has 2 N–H and O–H groups in total. The largest absolute Gasteiger partial charge is 0.451 e. The third-order valence-corrected chi connectivity index (χ3v) is 6.90. The zero-order chi connectivity index (χ0) is 26.7. The Morgan fingerprint density at radius 3 is 2.22 bits per heavy atom. The van der Waals surface area contributed by atoms with Crippen molar-refractivity contribution < 1.29 is 14.0 Å². The molecule has 0 aliphatic carbocycles. The SMILES string of the molecule is CC(C)(C)C(=O)N1CCN(c2ccc(NC(=S)NC(=O)c3ccc(-c4ccc(Cl)c(Cl)c4)o3)cc2)CC1. The number of nitrogens with one attached hydrogen (secondary N) is 2. The molecule has 4 rings (SSSR count). The molecule has 1 aliphatic heterocycles. The summed E-state index contributed by atoms with van der Waals surface area (Å²) < 4.78 is 5.67. The van der Waals surface area contributed by atoms with Crippen LogP contribution in [0, 0.1) is 5.41 Å². The average Bonchev–Trinajstić information content (AvgIpc) is 3.36. The van der Waals surface area contributed by atoms with Crippen LogP contribution in [0.25, 0.3) is 11.3 Å². The molecule has 194 valence electrons. The van der Waals surface area contributed by atoms with Gasteiger partial charge in [-0.2, -0.15) is 0 Å². The normalized spacial score (nSPS) is 13.9. The molecule has 1 aliphatic rings. The fourth-order valence-corrected chi connectivity index (χ4v) is 4.50. The number of hydrogen-bond donors (Lipinski definition) is 2. The quantitative estimate of drug-likeness (QED) is 0.378. The zero-order valence-electron chi connectivity index (χ0n) is 20.8. The fourth-order valence-electron chi connectivity index (χ4n) is 3.99. The van der Waals surface area contributed by atoms with Gasteiger partial charge in [-0.15, -0.1) is 0 Å². The van der Waals surface area contributed by atoms with Gasteiger partial charge in [-0.25, -0.2) is 0 Å². The van der Waals surface area contributed by atoms with Gasteiger partial charge in [0.05, 0.1) is 10.0 Å². The Morgan fingerprint density at radius 1 is 0.919 bits per heavy atom. The topological polar surface area (TPSA) is 77.8 Å². The van der Waals surface area contributed by atoms with Gasteiger partial charge in [0.25, 0.3) is 5.91 Å². The first-order chi connectivity index (χ1) is 17.5. The molecule has 0 atom stereocenters. The van der Waals surface area contributed by atoms with E-state index in [0.29, 0.717) is 34.5 Å². The van der Waals surface area contributed by atoms with Gasteiger partial charge in [-0.3, -0.25) is 14.9 Å². The standard InChI is InChI=1S/C27H28Cl2N4O3S/c1-27(2,3)25(35)33-14-12-32(13-15-33)19-7-5-18(6-8-19)30-26(37)31-24(34)23-11-10-22(36-23)17-4-9-20(28)21(29)16-17/h4-11,16H,12-15H2,1-3H3,(H2,30,31,34,37). The highest BCUT2D eigenvalue weighted by atomic mass is 35.5. The highest BCUT2D eigenvalue weighted by Gasteiger charge is 2.29. The lowest BCUT2D eigenvalue weighted by Gasteiger charge is -2.38. The molecule has 2 heterocycles. The summed E-state index contributed by atoms with van der Waals surface area (Å²) in [5.74, 6) is 0.317. The summed E-state index contributed by atoms with van der Waals surface area (Å²) in [5, 5.41) is 6.64. The monoisotopic (exact) mass is 558 g/mol. The van der Waals surface area contributed by atoms with Crippen molar-refractivity contribution in [1.82, 2.24) is 10.2 Å². The smallest absolute Gasteiger partial charge is 0.293 e. The van der Waals surface area contributed by atoms with E-state index >= 15 is 0 Å². The molecular formula is C27H28Cl2N4O3S. The van der Waals surface area contributed by atoms with E-state index in [1.54, 1.807) is 30.3 Å². The molecule has 0 spiro atoms. The van der Waals surface area contributed by atoms with Crippen LogP contribution in [0.15, 0.2) is 59.0 Å². The number of thiocarbonyl (C=S) groups is 1. The number of halogens is 2. The van der Waals surface area contributed by atoms with Crippen LogP contribution < -0.4 is 15.5 Å². The number of carbonyl (C=O) groups excluding carboxylic acids is 2. The van der Waals surface area contributed by atoms with E-state index in [4.69, 9.17) is 39.8 Å². The first kappa shape index (κ1) is 27.0. The molecule has 7 nitrogen and oxygen atoms in total. The van der Waals surface area contributed by atoms with Gasteiger partial charge in [0, 0.05) is 48.5 Å². The maximum atomic E-state index is 12.6. The first-order valence-electron chi connectivity index (χ1n) is 11.8. The van der Waals surface area contributed by atoms with E-state index in [0.717, 1.165) is 24.5 Å². The van der Waals surface area contributed by atoms with E-state index in [9.17, 15) is 9.59 Å². The molecule has 10 heteroatoms. The molecule has 3 aromatic rings. The minimum atomic E-state index is -0.469. The van der Waals surface area contributed by atoms with Crippen LogP contribution in [-0.4, -0.2) is 48.0 Å². The number of anilines is 2. The van der Waals surface area contributed by atoms with E-state index in [1.807, 2.05) is 49.9 Å². The summed E-state index contributed by atoms with van der Waals surface area (Å²) in [5.41, 5.74) is 2.14. The summed E-state index contributed by atoms with van der Waals surface area (Å²) >= 11 is 17.3. The molecule has 0 saturated carbocycles. The summed E-state index contributed by atoms with van der Waals surface area (Å²) in [6, 6.07) is 16.1. The highest BCUT2D eigenvalue weighted by Crippen LogP contribution is 2.29. The minimum Gasteiger partial charge on any atom is -0.451 e. The van der Waals surface area contributed by atoms with Crippen LogP contribution >= 0.6 is 35.4 Å². The summed E-state index contributed by atoms with van der Waals surface area (Å²) in [6.07, 6.45) is 0. The molecule has 2 aromatic carbocycles. The van der Waals surface area contributed by atoms with Gasteiger partial charge in [-0.1, -0.05) is 44.0 Å². The lowest BCUT2D eigenvalue weighted by molar-refractivity contribution is -0.139. The van der Waals surface area contributed by atoms with Crippen molar-refractivity contribution >= 4 is 63.7 Å². The van der Waals surface area contributed by atoms with Crippen molar-refractivity contribution in [2.75, 3.05) is 36.4 Å². The van der Waals surface area contributed by atoms with Crippen molar-refractivity contribution in [1.29, 1.82) is 0 Å². The van der Waals surface area contributed by atoms with Crippen molar-refractivity contribution in [3.8, 4) is 11.3 Å². The van der Waals surface area contributed by atoms with Crippen molar-refractivity contribution in [3.05, 3.63) is 70.4 Å². The second-order valence-corrected chi connectivity index (χ2v) is 11.0. The lowest BCUT2D eigenvalue weighted by Crippen LogP contribution is -2.51. The second kappa shape index (κ2) is 11.1. The molecule has 0 unspecified atom stereocenters. The number of benzene rings is 2. The van der Waals surface area contributed by atoms with Gasteiger partial charge < -0.3 is 19.5 Å². The molecule has 1 aromatic heterocycles. The van der Waals surface area contributed by atoms with Crippen LogP contribution in [-0.2, 0) is 4.79 Å². The number of nitrogens with zero attached hydrogens (tertiary/aromatic N) is 2. The Hall–Kier alpha value is -3.07. The molecule has 0 radical (unpaired) electrons. The second-order valence-electron chi connectivity index (χ2n) is 9.78. The van der Waals surface area contributed by atoms with E-state index in [1.165, 1.54) is 0 Å². The van der Waals surface area contributed by atoms with Gasteiger partial charge >= 0.3 is 0 Å². The third-order valence-electron chi connectivity index (χ3n) is 5.96. The van der Waals surface area contributed by atoms with Crippen LogP contribution in [0.1, 0.15) is 31.3 Å². The molecule has 1 saturated heterocycles. The van der Waals surface area contributed by atoms with Crippen LogP contribution in [0.3, 0.4) is 0 Å². The minimum absolute atomic E-state index is 0.115. The molecule has 0 bridgehead atoms. The van der Waals surface area contributed by atoms with E-state index in [2.05, 4.69) is 15.5 Å². The summed E-state index contributed by atoms with van der Waals surface area (Å²) in [6.45, 7) is 8.79. The Bertz CT molecular complexity index is 1310. The fraction of sp³-hybridized carbons (Fsp3) is 0.296. The number of piperazine rings is 1. The zero-order valence-corrected chi connectivity index (χ0v) is 23.1. The van der Waals surface area contributed by atoms with Crippen molar-refractivity contribution in [2.45, 2.75) is 20.8 Å². The van der Waals surface area contributed by atoms with Gasteiger partial charge in [-0.05, 0) is 66.8 Å².